The Morgan fingerprint density at radius 1 is 1.12 bits per heavy atom. The quantitative estimate of drug-likeness (QED) is 0.743. The molecule has 1 fully saturated rings. The van der Waals surface area contributed by atoms with Gasteiger partial charge in [0.25, 0.3) is 0 Å². The molecule has 1 aliphatic rings. The summed E-state index contributed by atoms with van der Waals surface area (Å²) in [6, 6.07) is 9.86. The number of carbonyl (C=O) groups excluding carboxylic acids is 1. The summed E-state index contributed by atoms with van der Waals surface area (Å²) in [7, 11) is 0. The fourth-order valence-electron chi connectivity index (χ4n) is 3.29. The highest BCUT2D eigenvalue weighted by Crippen LogP contribution is 2.27. The molecule has 138 valence electrons. The maximum atomic E-state index is 12.2. The molecule has 0 bridgehead atoms. The van der Waals surface area contributed by atoms with Gasteiger partial charge in [0.2, 0.25) is 5.91 Å². The van der Waals surface area contributed by atoms with E-state index in [1.165, 1.54) is 0 Å². The minimum Gasteiger partial charge on any atom is -0.481 e. The highest BCUT2D eigenvalue weighted by Gasteiger charge is 2.25. The Morgan fingerprint density at radius 3 is 2.50 bits per heavy atom. The monoisotopic (exact) mass is 356 g/mol. The van der Waals surface area contributed by atoms with E-state index in [4.69, 9.17) is 5.11 Å². The van der Waals surface area contributed by atoms with Gasteiger partial charge in [0, 0.05) is 37.4 Å². The SMILES string of the molecule is O=C(O)CCCCC(=O)N1CCC(c2nc(-c3ccccc3)n[nH]2)CC1. The minimum absolute atomic E-state index is 0.122. The van der Waals surface area contributed by atoms with E-state index in [0.29, 0.717) is 38.2 Å². The number of likely N-dealkylation sites (tertiary alicyclic amines) is 1. The number of carboxylic acid groups (broad SMARTS) is 1. The van der Waals surface area contributed by atoms with Crippen LogP contribution in [0.3, 0.4) is 0 Å². The van der Waals surface area contributed by atoms with E-state index in [9.17, 15) is 9.59 Å². The molecule has 7 nitrogen and oxygen atoms in total. The van der Waals surface area contributed by atoms with Gasteiger partial charge in [0.15, 0.2) is 5.82 Å². The number of carboxylic acids is 1. The molecule has 7 heteroatoms. The summed E-state index contributed by atoms with van der Waals surface area (Å²) in [4.78, 5) is 29.2. The fourth-order valence-corrected chi connectivity index (χ4v) is 3.29. The number of hydrogen-bond donors (Lipinski definition) is 2. The predicted molar refractivity (Wildman–Crippen MR) is 96.5 cm³/mol. The number of piperidine rings is 1. The van der Waals surface area contributed by atoms with Crippen molar-refractivity contribution in [3.05, 3.63) is 36.2 Å². The molecule has 0 radical (unpaired) electrons. The highest BCUT2D eigenvalue weighted by atomic mass is 16.4. The highest BCUT2D eigenvalue weighted by molar-refractivity contribution is 5.76. The van der Waals surface area contributed by atoms with Gasteiger partial charge in [0.1, 0.15) is 5.82 Å². The number of benzene rings is 1. The van der Waals surface area contributed by atoms with E-state index in [2.05, 4.69) is 15.2 Å². The number of aliphatic carboxylic acids is 1. The number of hydrogen-bond acceptors (Lipinski definition) is 4. The normalized spacial score (nSPS) is 15.2. The first-order chi connectivity index (χ1) is 12.6. The van der Waals surface area contributed by atoms with Crippen molar-refractivity contribution in [3.63, 3.8) is 0 Å². The molecule has 0 spiro atoms. The van der Waals surface area contributed by atoms with Gasteiger partial charge in [-0.3, -0.25) is 14.7 Å². The van der Waals surface area contributed by atoms with Gasteiger partial charge in [-0.1, -0.05) is 30.3 Å². The van der Waals surface area contributed by atoms with Crippen molar-refractivity contribution >= 4 is 11.9 Å². The molecule has 2 heterocycles. The summed E-state index contributed by atoms with van der Waals surface area (Å²) in [6.07, 6.45) is 3.48. The third kappa shape index (κ3) is 4.68. The minimum atomic E-state index is -0.805. The number of nitrogens with one attached hydrogen (secondary N) is 1. The Hall–Kier alpha value is -2.70. The molecule has 26 heavy (non-hydrogen) atoms. The third-order valence-corrected chi connectivity index (χ3v) is 4.80. The second-order valence-electron chi connectivity index (χ2n) is 6.67. The predicted octanol–water partition coefficient (Wildman–Crippen LogP) is 2.82. The average molecular weight is 356 g/mol. The number of rotatable bonds is 7. The van der Waals surface area contributed by atoms with Gasteiger partial charge >= 0.3 is 5.97 Å². The number of nitrogens with zero attached hydrogens (tertiary/aromatic N) is 3. The van der Waals surface area contributed by atoms with Crippen molar-refractivity contribution in [3.8, 4) is 11.4 Å². The lowest BCUT2D eigenvalue weighted by atomic mass is 9.96. The lowest BCUT2D eigenvalue weighted by molar-refractivity contribution is -0.137. The van der Waals surface area contributed by atoms with Crippen LogP contribution in [0.25, 0.3) is 11.4 Å². The summed E-state index contributed by atoms with van der Waals surface area (Å²) in [5.74, 6) is 1.20. The molecular formula is C19H24N4O3. The van der Waals surface area contributed by atoms with Gasteiger partial charge < -0.3 is 10.0 Å². The van der Waals surface area contributed by atoms with Gasteiger partial charge in [-0.05, 0) is 25.7 Å². The van der Waals surface area contributed by atoms with Gasteiger partial charge in [-0.25, -0.2) is 4.98 Å². The Bertz CT molecular complexity index is 736. The van der Waals surface area contributed by atoms with E-state index in [0.717, 1.165) is 24.2 Å². The second-order valence-corrected chi connectivity index (χ2v) is 6.67. The number of carbonyl (C=O) groups is 2. The largest absolute Gasteiger partial charge is 0.481 e. The molecule has 3 rings (SSSR count). The van der Waals surface area contributed by atoms with Crippen LogP contribution in [0.5, 0.6) is 0 Å². The topological polar surface area (TPSA) is 99.2 Å². The summed E-state index contributed by atoms with van der Waals surface area (Å²) < 4.78 is 0. The molecule has 0 unspecified atom stereocenters. The van der Waals surface area contributed by atoms with E-state index >= 15 is 0 Å². The first-order valence-corrected chi connectivity index (χ1v) is 9.11. The van der Waals surface area contributed by atoms with Crippen LogP contribution in [0.4, 0.5) is 0 Å². The number of aromatic nitrogens is 3. The first kappa shape index (κ1) is 18.1. The Balaban J connectivity index is 1.47. The standard InChI is InChI=1S/C19H24N4O3/c24-16(8-4-5-9-17(25)26)23-12-10-15(11-13-23)19-20-18(21-22-19)14-6-2-1-3-7-14/h1-3,6-7,15H,4-5,8-13H2,(H,25,26)(H,20,21,22). The second kappa shape index (κ2) is 8.60. The molecule has 1 amide bonds. The molecule has 1 aromatic carbocycles. The summed E-state index contributed by atoms with van der Waals surface area (Å²) in [6.45, 7) is 1.42. The molecule has 1 saturated heterocycles. The van der Waals surface area contributed by atoms with Crippen molar-refractivity contribution in [2.24, 2.45) is 0 Å². The molecule has 0 atom stereocenters. The van der Waals surface area contributed by atoms with Crippen molar-refractivity contribution in [1.29, 1.82) is 0 Å². The zero-order valence-electron chi connectivity index (χ0n) is 14.7. The molecule has 0 aliphatic carbocycles. The van der Waals surface area contributed by atoms with Crippen molar-refractivity contribution in [1.82, 2.24) is 20.1 Å². The maximum absolute atomic E-state index is 12.2. The summed E-state index contributed by atoms with van der Waals surface area (Å²) in [5.41, 5.74) is 0.990. The van der Waals surface area contributed by atoms with E-state index in [1.807, 2.05) is 35.2 Å². The number of unbranched alkanes of at least 4 members (excludes halogenated alkanes) is 1. The van der Waals surface area contributed by atoms with Crippen molar-refractivity contribution < 1.29 is 14.7 Å². The van der Waals surface area contributed by atoms with Crippen molar-refractivity contribution in [2.45, 2.75) is 44.4 Å². The molecule has 1 aromatic heterocycles. The zero-order valence-corrected chi connectivity index (χ0v) is 14.7. The summed E-state index contributed by atoms with van der Waals surface area (Å²) in [5, 5.41) is 16.0. The lowest BCUT2D eigenvalue weighted by Gasteiger charge is -2.31. The molecule has 2 aromatic rings. The zero-order chi connectivity index (χ0) is 18.4. The van der Waals surface area contributed by atoms with Crippen LogP contribution >= 0.6 is 0 Å². The van der Waals surface area contributed by atoms with Crippen LogP contribution in [0, 0.1) is 0 Å². The fraction of sp³-hybridized carbons (Fsp3) is 0.474. The van der Waals surface area contributed by atoms with Crippen molar-refractivity contribution in [2.75, 3.05) is 13.1 Å². The molecule has 0 saturated carbocycles. The molecular weight excluding hydrogens is 332 g/mol. The van der Waals surface area contributed by atoms with E-state index < -0.39 is 5.97 Å². The third-order valence-electron chi connectivity index (χ3n) is 4.80. The van der Waals surface area contributed by atoms with Crippen LogP contribution in [-0.2, 0) is 9.59 Å². The average Bonchev–Trinajstić information content (AvgIpc) is 3.16. The van der Waals surface area contributed by atoms with Crippen LogP contribution in [0.15, 0.2) is 30.3 Å². The van der Waals surface area contributed by atoms with Crippen LogP contribution < -0.4 is 0 Å². The number of amides is 1. The molecule has 2 N–H and O–H groups in total. The van der Waals surface area contributed by atoms with Crippen LogP contribution in [0.1, 0.15) is 50.3 Å². The number of H-pyrrole nitrogens is 1. The molecule has 1 aliphatic heterocycles. The lowest BCUT2D eigenvalue weighted by Crippen LogP contribution is -2.38. The van der Waals surface area contributed by atoms with Gasteiger partial charge in [-0.15, -0.1) is 0 Å². The first-order valence-electron chi connectivity index (χ1n) is 9.11. The van der Waals surface area contributed by atoms with Crippen LogP contribution in [-0.4, -0.2) is 50.2 Å². The Morgan fingerprint density at radius 2 is 1.81 bits per heavy atom. The van der Waals surface area contributed by atoms with Gasteiger partial charge in [-0.2, -0.15) is 5.10 Å². The maximum Gasteiger partial charge on any atom is 0.303 e. The Kier molecular flexibility index (Phi) is 5.99. The van der Waals surface area contributed by atoms with Gasteiger partial charge in [0.05, 0.1) is 0 Å². The smallest absolute Gasteiger partial charge is 0.303 e. The number of aromatic amines is 1. The summed E-state index contributed by atoms with van der Waals surface area (Å²) >= 11 is 0. The van der Waals surface area contributed by atoms with Crippen LogP contribution in [0.2, 0.25) is 0 Å². The Labute approximate surface area is 152 Å². The van der Waals surface area contributed by atoms with E-state index in [1.54, 1.807) is 0 Å². The van der Waals surface area contributed by atoms with E-state index in [-0.39, 0.29) is 18.2 Å².